The Morgan fingerprint density at radius 3 is 2.20 bits per heavy atom. The molecule has 0 aromatic rings. The summed E-state index contributed by atoms with van der Waals surface area (Å²) >= 11 is 0. The number of hydrogen-bond acceptors (Lipinski definition) is 2. The van der Waals surface area contributed by atoms with Crippen LogP contribution in [0.1, 0.15) is 34.6 Å². The number of nitrogens with zero attached hydrogens (tertiary/aromatic N) is 1. The fraction of sp³-hybridized carbons (Fsp3) is 0.917. The van der Waals surface area contributed by atoms with Gasteiger partial charge in [-0.15, -0.1) is 0 Å². The predicted molar refractivity (Wildman–Crippen MR) is 60.2 cm³/mol. The molecule has 0 aromatic carbocycles. The zero-order valence-corrected chi connectivity index (χ0v) is 10.4. The van der Waals surface area contributed by atoms with Crippen molar-refractivity contribution in [2.24, 2.45) is 16.7 Å². The van der Waals surface area contributed by atoms with Crippen LogP contribution in [0.25, 0.3) is 0 Å². The summed E-state index contributed by atoms with van der Waals surface area (Å²) in [4.78, 5) is 13.6. The van der Waals surface area contributed by atoms with E-state index in [9.17, 15) is 4.79 Å². The lowest BCUT2D eigenvalue weighted by Gasteiger charge is -2.21. The lowest BCUT2D eigenvalue weighted by Crippen LogP contribution is -2.37. The molecule has 0 aromatic heterocycles. The molecule has 1 N–H and O–H groups in total. The van der Waals surface area contributed by atoms with Crippen LogP contribution in [0.3, 0.4) is 0 Å². The van der Waals surface area contributed by atoms with E-state index in [0.29, 0.717) is 23.3 Å². The van der Waals surface area contributed by atoms with Crippen LogP contribution in [0.15, 0.2) is 0 Å². The van der Waals surface area contributed by atoms with Gasteiger partial charge in [0.25, 0.3) is 0 Å². The van der Waals surface area contributed by atoms with Gasteiger partial charge in [0.15, 0.2) is 0 Å². The molecule has 2 aliphatic rings. The number of nitrogens with one attached hydrogen (secondary N) is 1. The number of amides is 1. The number of rotatable bonds is 2. The van der Waals surface area contributed by atoms with Crippen molar-refractivity contribution in [3.8, 4) is 0 Å². The molecule has 1 aliphatic heterocycles. The minimum Gasteiger partial charge on any atom is -0.326 e. The molecule has 1 aliphatic carbocycles. The second kappa shape index (κ2) is 2.97. The molecule has 1 atom stereocenters. The van der Waals surface area contributed by atoms with Gasteiger partial charge in [0, 0.05) is 6.54 Å². The van der Waals surface area contributed by atoms with Gasteiger partial charge in [-0.1, -0.05) is 27.7 Å². The van der Waals surface area contributed by atoms with Crippen molar-refractivity contribution in [3.63, 3.8) is 0 Å². The van der Waals surface area contributed by atoms with Crippen LogP contribution in [-0.2, 0) is 4.79 Å². The van der Waals surface area contributed by atoms with E-state index in [1.165, 1.54) is 0 Å². The fourth-order valence-electron chi connectivity index (χ4n) is 2.91. The standard InChI is InChI=1S/C12H22N2O/c1-8-13-6-10(15)14(8)7-9-11(2,3)12(9,4)5/h8-9,13H,6-7H2,1-5H3. The number of carbonyl (C=O) groups excluding carboxylic acids is 1. The minimum absolute atomic E-state index is 0.213. The summed E-state index contributed by atoms with van der Waals surface area (Å²) in [7, 11) is 0. The molecule has 3 nitrogen and oxygen atoms in total. The van der Waals surface area contributed by atoms with E-state index in [0.717, 1.165) is 6.54 Å². The molecule has 2 fully saturated rings. The summed E-state index contributed by atoms with van der Waals surface area (Å²) in [6.45, 7) is 12.7. The highest BCUT2D eigenvalue weighted by Crippen LogP contribution is 2.68. The van der Waals surface area contributed by atoms with E-state index < -0.39 is 0 Å². The molecule has 1 heterocycles. The van der Waals surface area contributed by atoms with Gasteiger partial charge in [-0.05, 0) is 23.7 Å². The zero-order valence-electron chi connectivity index (χ0n) is 10.4. The van der Waals surface area contributed by atoms with Crippen molar-refractivity contribution in [2.75, 3.05) is 13.1 Å². The van der Waals surface area contributed by atoms with Crippen LogP contribution < -0.4 is 5.32 Å². The maximum atomic E-state index is 11.6. The molecule has 2 rings (SSSR count). The van der Waals surface area contributed by atoms with E-state index in [-0.39, 0.29) is 12.1 Å². The second-order valence-electron chi connectivity index (χ2n) is 6.10. The number of carbonyl (C=O) groups is 1. The molecular formula is C12H22N2O. The van der Waals surface area contributed by atoms with Crippen LogP contribution in [0.4, 0.5) is 0 Å². The van der Waals surface area contributed by atoms with E-state index >= 15 is 0 Å². The van der Waals surface area contributed by atoms with Gasteiger partial charge in [0.1, 0.15) is 0 Å². The third-order valence-corrected chi connectivity index (χ3v) is 5.04. The molecule has 86 valence electrons. The highest BCUT2D eigenvalue weighted by Gasteiger charge is 2.65. The number of hydrogen-bond donors (Lipinski definition) is 1. The van der Waals surface area contributed by atoms with Gasteiger partial charge in [0.2, 0.25) is 5.91 Å². The summed E-state index contributed by atoms with van der Waals surface area (Å²) in [6, 6.07) is 0. The van der Waals surface area contributed by atoms with Gasteiger partial charge in [0.05, 0.1) is 12.7 Å². The maximum Gasteiger partial charge on any atom is 0.237 e. The fourth-order valence-corrected chi connectivity index (χ4v) is 2.91. The Balaban J connectivity index is 2.03. The first kappa shape index (κ1) is 10.9. The summed E-state index contributed by atoms with van der Waals surface area (Å²) < 4.78 is 0. The highest BCUT2D eigenvalue weighted by molar-refractivity contribution is 5.80. The lowest BCUT2D eigenvalue weighted by molar-refractivity contribution is -0.128. The normalized spacial score (nSPS) is 33.5. The zero-order chi connectivity index (χ0) is 11.4. The quantitative estimate of drug-likeness (QED) is 0.748. The lowest BCUT2D eigenvalue weighted by atomic mass is 10.0. The first-order valence-corrected chi connectivity index (χ1v) is 5.81. The SMILES string of the molecule is CC1NCC(=O)N1CC1C(C)(C)C1(C)C. The minimum atomic E-state index is 0.213. The van der Waals surface area contributed by atoms with Crippen molar-refractivity contribution >= 4 is 5.91 Å². The predicted octanol–water partition coefficient (Wildman–Crippen LogP) is 1.45. The molecular weight excluding hydrogens is 188 g/mol. The highest BCUT2D eigenvalue weighted by atomic mass is 16.2. The molecule has 1 unspecified atom stereocenters. The Morgan fingerprint density at radius 2 is 1.87 bits per heavy atom. The summed E-state index contributed by atoms with van der Waals surface area (Å²) in [6.07, 6.45) is 0.213. The van der Waals surface area contributed by atoms with Gasteiger partial charge in [-0.2, -0.15) is 0 Å². The Kier molecular flexibility index (Phi) is 2.16. The van der Waals surface area contributed by atoms with Crippen molar-refractivity contribution in [3.05, 3.63) is 0 Å². The van der Waals surface area contributed by atoms with E-state index in [4.69, 9.17) is 0 Å². The van der Waals surface area contributed by atoms with Gasteiger partial charge in [-0.25, -0.2) is 0 Å². The van der Waals surface area contributed by atoms with Crippen molar-refractivity contribution < 1.29 is 4.79 Å². The average molecular weight is 210 g/mol. The average Bonchev–Trinajstić information content (AvgIpc) is 2.41. The molecule has 1 saturated heterocycles. The summed E-state index contributed by atoms with van der Waals surface area (Å²) in [5.41, 5.74) is 0.741. The third-order valence-electron chi connectivity index (χ3n) is 5.04. The molecule has 0 bridgehead atoms. The Bertz CT molecular complexity index is 282. The molecule has 0 spiro atoms. The van der Waals surface area contributed by atoms with Crippen molar-refractivity contribution in [2.45, 2.75) is 40.8 Å². The van der Waals surface area contributed by atoms with Crippen LogP contribution in [0.5, 0.6) is 0 Å². The first-order chi connectivity index (χ1) is 6.78. The van der Waals surface area contributed by atoms with Crippen molar-refractivity contribution in [1.29, 1.82) is 0 Å². The Labute approximate surface area is 92.2 Å². The van der Waals surface area contributed by atoms with Crippen LogP contribution in [-0.4, -0.2) is 30.1 Å². The second-order valence-corrected chi connectivity index (χ2v) is 6.10. The van der Waals surface area contributed by atoms with Crippen LogP contribution in [0, 0.1) is 16.7 Å². The van der Waals surface area contributed by atoms with E-state index in [2.05, 4.69) is 39.9 Å². The third kappa shape index (κ3) is 1.40. The van der Waals surface area contributed by atoms with Crippen molar-refractivity contribution in [1.82, 2.24) is 10.2 Å². The monoisotopic (exact) mass is 210 g/mol. The van der Waals surface area contributed by atoms with Crippen LogP contribution in [0.2, 0.25) is 0 Å². The Hall–Kier alpha value is -0.570. The van der Waals surface area contributed by atoms with E-state index in [1.54, 1.807) is 0 Å². The van der Waals surface area contributed by atoms with E-state index in [1.807, 2.05) is 4.90 Å². The molecule has 15 heavy (non-hydrogen) atoms. The van der Waals surface area contributed by atoms with Crippen LogP contribution >= 0.6 is 0 Å². The molecule has 1 saturated carbocycles. The molecule has 3 heteroatoms. The smallest absolute Gasteiger partial charge is 0.237 e. The van der Waals surface area contributed by atoms with Gasteiger partial charge in [-0.3, -0.25) is 10.1 Å². The van der Waals surface area contributed by atoms with Gasteiger partial charge < -0.3 is 4.90 Å². The molecule has 1 amide bonds. The maximum absolute atomic E-state index is 11.6. The molecule has 0 radical (unpaired) electrons. The summed E-state index contributed by atoms with van der Waals surface area (Å²) in [5.74, 6) is 0.886. The Morgan fingerprint density at radius 1 is 1.33 bits per heavy atom. The summed E-state index contributed by atoms with van der Waals surface area (Å²) in [5, 5.41) is 3.18. The topological polar surface area (TPSA) is 32.3 Å². The largest absolute Gasteiger partial charge is 0.326 e. The van der Waals surface area contributed by atoms with Gasteiger partial charge >= 0.3 is 0 Å². The first-order valence-electron chi connectivity index (χ1n) is 5.81.